The van der Waals surface area contributed by atoms with E-state index >= 15 is 0 Å². The van der Waals surface area contributed by atoms with Gasteiger partial charge in [-0.25, -0.2) is 0 Å². The van der Waals surface area contributed by atoms with Crippen LogP contribution < -0.4 is 14.8 Å². The quantitative estimate of drug-likeness (QED) is 0.770. The topological polar surface area (TPSA) is 94.1 Å². The maximum atomic E-state index is 12.8. The molecule has 0 radical (unpaired) electrons. The van der Waals surface area contributed by atoms with Crippen LogP contribution in [0.5, 0.6) is 11.5 Å². The van der Waals surface area contributed by atoms with Crippen molar-refractivity contribution >= 4 is 17.6 Å². The lowest BCUT2D eigenvalue weighted by Gasteiger charge is -2.58. The van der Waals surface area contributed by atoms with Crippen LogP contribution in [0.25, 0.3) is 0 Å². The lowest BCUT2D eigenvalue weighted by Crippen LogP contribution is -2.58. The largest absolute Gasteiger partial charge is 0.486 e. The Bertz CT molecular complexity index is 807. The van der Waals surface area contributed by atoms with Crippen LogP contribution in [-0.4, -0.2) is 42.4 Å². The van der Waals surface area contributed by atoms with Gasteiger partial charge in [-0.15, -0.1) is 0 Å². The maximum Gasteiger partial charge on any atom is 0.312 e. The summed E-state index contributed by atoms with van der Waals surface area (Å²) < 4.78 is 16.4. The van der Waals surface area contributed by atoms with Crippen LogP contribution in [0.2, 0.25) is 0 Å². The highest BCUT2D eigenvalue weighted by Gasteiger charge is 2.60. The van der Waals surface area contributed by atoms with E-state index in [4.69, 9.17) is 14.2 Å². The zero-order valence-corrected chi connectivity index (χ0v) is 15.7. The second-order valence-corrected chi connectivity index (χ2v) is 8.95. The van der Waals surface area contributed by atoms with Crippen molar-refractivity contribution in [2.45, 2.75) is 44.1 Å². The molecule has 4 saturated carbocycles. The van der Waals surface area contributed by atoms with Crippen LogP contribution in [0.3, 0.4) is 0 Å². The van der Waals surface area contributed by atoms with Gasteiger partial charge in [0.05, 0.1) is 11.0 Å². The zero-order chi connectivity index (χ0) is 19.4. The van der Waals surface area contributed by atoms with E-state index in [1.165, 1.54) is 0 Å². The molecule has 28 heavy (non-hydrogen) atoms. The minimum Gasteiger partial charge on any atom is -0.486 e. The van der Waals surface area contributed by atoms with Gasteiger partial charge in [0.25, 0.3) is 5.91 Å². The summed E-state index contributed by atoms with van der Waals surface area (Å²) in [5.74, 6) is 1.29. The lowest BCUT2D eigenvalue weighted by atomic mass is 9.48. The molecule has 7 heteroatoms. The fraction of sp³-hybridized carbons (Fsp3) is 0.619. The van der Waals surface area contributed by atoms with Gasteiger partial charge in [0.2, 0.25) is 0 Å². The SMILES string of the molecule is O=C(COC(=O)C12CC3CC(CC(O)(C3)C1)C2)Nc1ccc2c(c1)OCCO2. The number of anilines is 1. The van der Waals surface area contributed by atoms with E-state index < -0.39 is 16.9 Å². The Balaban J connectivity index is 1.20. The van der Waals surface area contributed by atoms with Crippen molar-refractivity contribution < 1.29 is 28.9 Å². The highest BCUT2D eigenvalue weighted by Crippen LogP contribution is 2.61. The smallest absolute Gasteiger partial charge is 0.312 e. The molecule has 150 valence electrons. The average Bonchev–Trinajstić information content (AvgIpc) is 2.64. The first kappa shape index (κ1) is 17.8. The van der Waals surface area contributed by atoms with Crippen LogP contribution in [0.15, 0.2) is 18.2 Å². The zero-order valence-electron chi connectivity index (χ0n) is 15.7. The van der Waals surface area contributed by atoms with Crippen LogP contribution in [0.4, 0.5) is 5.69 Å². The first-order valence-corrected chi connectivity index (χ1v) is 10.0. The number of hydrogen-bond acceptors (Lipinski definition) is 6. The number of hydrogen-bond donors (Lipinski definition) is 2. The van der Waals surface area contributed by atoms with Crippen LogP contribution in [-0.2, 0) is 14.3 Å². The molecule has 4 fully saturated rings. The Labute approximate surface area is 163 Å². The minimum absolute atomic E-state index is 0.331. The molecule has 2 unspecified atom stereocenters. The average molecular weight is 387 g/mol. The minimum atomic E-state index is -0.726. The van der Waals surface area contributed by atoms with E-state index in [1.807, 2.05) is 0 Å². The fourth-order valence-electron chi connectivity index (χ4n) is 6.06. The van der Waals surface area contributed by atoms with Crippen LogP contribution in [0, 0.1) is 17.3 Å². The van der Waals surface area contributed by atoms with Crippen LogP contribution >= 0.6 is 0 Å². The lowest BCUT2D eigenvalue weighted by molar-refractivity contribution is -0.196. The molecule has 0 aromatic heterocycles. The molecule has 1 heterocycles. The molecule has 0 saturated heterocycles. The van der Waals surface area contributed by atoms with Crippen molar-refractivity contribution in [3.63, 3.8) is 0 Å². The molecule has 2 atom stereocenters. The molecule has 6 rings (SSSR count). The van der Waals surface area contributed by atoms with E-state index in [1.54, 1.807) is 18.2 Å². The van der Waals surface area contributed by atoms with E-state index in [0.717, 1.165) is 32.1 Å². The molecule has 1 aromatic carbocycles. The van der Waals surface area contributed by atoms with Gasteiger partial charge in [-0.05, 0) is 62.5 Å². The molecule has 1 aromatic rings. The highest BCUT2D eigenvalue weighted by atomic mass is 16.6. The van der Waals surface area contributed by atoms with E-state index in [2.05, 4.69) is 5.32 Å². The normalized spacial score (nSPS) is 34.8. The maximum absolute atomic E-state index is 12.8. The molecule has 7 nitrogen and oxygen atoms in total. The molecular weight excluding hydrogens is 362 g/mol. The van der Waals surface area contributed by atoms with E-state index in [-0.39, 0.29) is 12.6 Å². The Morgan fingerprint density at radius 1 is 1.11 bits per heavy atom. The summed E-state index contributed by atoms with van der Waals surface area (Å²) in [6, 6.07) is 5.16. The van der Waals surface area contributed by atoms with Crippen LogP contribution in [0.1, 0.15) is 38.5 Å². The molecule has 1 amide bonds. The number of fused-ring (bicyclic) bond motifs is 1. The summed E-state index contributed by atoms with van der Waals surface area (Å²) in [5, 5.41) is 13.5. The van der Waals surface area contributed by atoms with E-state index in [9.17, 15) is 14.7 Å². The third kappa shape index (κ3) is 3.11. The third-order valence-electron chi connectivity index (χ3n) is 6.62. The first-order valence-electron chi connectivity index (χ1n) is 10.0. The van der Waals surface area contributed by atoms with Crippen molar-refractivity contribution in [2.24, 2.45) is 17.3 Å². The summed E-state index contributed by atoms with van der Waals surface area (Å²) >= 11 is 0. The van der Waals surface area contributed by atoms with Gasteiger partial charge in [-0.2, -0.15) is 0 Å². The van der Waals surface area contributed by atoms with Crippen molar-refractivity contribution in [3.8, 4) is 11.5 Å². The van der Waals surface area contributed by atoms with Gasteiger partial charge < -0.3 is 24.6 Å². The number of aliphatic hydroxyl groups is 1. The standard InChI is InChI=1S/C21H25NO6/c23-18(22-15-1-2-16-17(6-15)27-4-3-26-16)11-28-19(24)20-7-13-5-14(8-20)10-21(25,9-13)12-20/h1-2,6,13-14,25H,3-5,7-12H2,(H,22,23). The molecule has 0 spiro atoms. The summed E-state index contributed by atoms with van der Waals surface area (Å²) in [7, 11) is 0. The Morgan fingerprint density at radius 3 is 2.54 bits per heavy atom. The number of carbonyl (C=O) groups is 2. The van der Waals surface area contributed by atoms with E-state index in [0.29, 0.717) is 48.7 Å². The highest BCUT2D eigenvalue weighted by molar-refractivity contribution is 5.93. The van der Waals surface area contributed by atoms with Gasteiger partial charge in [0.15, 0.2) is 18.1 Å². The summed E-state index contributed by atoms with van der Waals surface area (Å²) in [6.45, 7) is 0.647. The summed E-state index contributed by atoms with van der Waals surface area (Å²) in [4.78, 5) is 25.1. The molecular formula is C21H25NO6. The first-order chi connectivity index (χ1) is 13.4. The number of amides is 1. The molecule has 1 aliphatic heterocycles. The third-order valence-corrected chi connectivity index (χ3v) is 6.62. The number of ether oxygens (including phenoxy) is 3. The number of esters is 1. The van der Waals surface area contributed by atoms with Crippen molar-refractivity contribution in [3.05, 3.63) is 18.2 Å². The molecule has 2 N–H and O–H groups in total. The molecule has 5 aliphatic rings. The van der Waals surface area contributed by atoms with Gasteiger partial charge >= 0.3 is 5.97 Å². The number of nitrogens with one attached hydrogen (secondary N) is 1. The molecule has 4 aliphatic carbocycles. The summed E-state index contributed by atoms with van der Waals surface area (Å²) in [5.41, 5.74) is -0.776. The predicted octanol–water partition coefficient (Wildman–Crippen LogP) is 2.27. The number of carbonyl (C=O) groups excluding carboxylic acids is 2. The second-order valence-electron chi connectivity index (χ2n) is 8.95. The number of benzene rings is 1. The van der Waals surface area contributed by atoms with Gasteiger partial charge in [0, 0.05) is 11.8 Å². The Hall–Kier alpha value is -2.28. The fourth-order valence-corrected chi connectivity index (χ4v) is 6.06. The summed E-state index contributed by atoms with van der Waals surface area (Å²) in [6.07, 6.45) is 4.70. The second kappa shape index (κ2) is 6.37. The van der Waals surface area contributed by atoms with Crippen molar-refractivity contribution in [1.82, 2.24) is 0 Å². The molecule has 4 bridgehead atoms. The Kier molecular flexibility index (Phi) is 4.05. The monoisotopic (exact) mass is 387 g/mol. The van der Waals surface area contributed by atoms with Gasteiger partial charge in [-0.1, -0.05) is 0 Å². The Morgan fingerprint density at radius 2 is 1.82 bits per heavy atom. The van der Waals surface area contributed by atoms with Gasteiger partial charge in [-0.3, -0.25) is 9.59 Å². The van der Waals surface area contributed by atoms with Crippen molar-refractivity contribution in [1.29, 1.82) is 0 Å². The predicted molar refractivity (Wildman–Crippen MR) is 99.1 cm³/mol. The van der Waals surface area contributed by atoms with Crippen molar-refractivity contribution in [2.75, 3.05) is 25.1 Å². The van der Waals surface area contributed by atoms with Gasteiger partial charge in [0.1, 0.15) is 13.2 Å². The number of rotatable bonds is 4.